The number of benzene rings is 1. The van der Waals surface area contributed by atoms with Gasteiger partial charge in [-0.15, -0.1) is 0 Å². The normalized spacial score (nSPS) is 11.2. The second-order valence-electron chi connectivity index (χ2n) is 7.10. The Hall–Kier alpha value is -2.47. The van der Waals surface area contributed by atoms with Crippen LogP contribution in [0.5, 0.6) is 0 Å². The number of aromatic amines is 1. The van der Waals surface area contributed by atoms with Gasteiger partial charge in [-0.2, -0.15) is 0 Å². The molecule has 26 heavy (non-hydrogen) atoms. The molecule has 140 valence electrons. The summed E-state index contributed by atoms with van der Waals surface area (Å²) in [5.41, 5.74) is 2.77. The SMILES string of the molecule is CCNC(=O)c1[nH]c(C(C)(C)C)cc1NC(=O)Nc1cccc(C)c1Cl. The Kier molecular flexibility index (Phi) is 5.97. The molecule has 2 aromatic rings. The lowest BCUT2D eigenvalue weighted by Gasteiger charge is -2.15. The number of carbonyl (C=O) groups is 2. The van der Waals surface area contributed by atoms with Crippen LogP contribution >= 0.6 is 11.6 Å². The van der Waals surface area contributed by atoms with Gasteiger partial charge in [-0.25, -0.2) is 4.79 Å². The highest BCUT2D eigenvalue weighted by Gasteiger charge is 2.23. The Balaban J connectivity index is 2.26. The van der Waals surface area contributed by atoms with Gasteiger partial charge in [0.05, 0.1) is 16.4 Å². The van der Waals surface area contributed by atoms with Crippen molar-refractivity contribution in [1.82, 2.24) is 10.3 Å². The molecule has 3 amide bonds. The van der Waals surface area contributed by atoms with E-state index in [0.29, 0.717) is 28.6 Å². The predicted molar refractivity (Wildman–Crippen MR) is 106 cm³/mol. The van der Waals surface area contributed by atoms with Crippen LogP contribution in [0.25, 0.3) is 0 Å². The fraction of sp³-hybridized carbons (Fsp3) is 0.368. The second kappa shape index (κ2) is 7.83. The molecular weight excluding hydrogens is 352 g/mol. The van der Waals surface area contributed by atoms with Gasteiger partial charge in [-0.05, 0) is 31.5 Å². The van der Waals surface area contributed by atoms with Gasteiger partial charge < -0.3 is 20.9 Å². The van der Waals surface area contributed by atoms with Gasteiger partial charge in [0.25, 0.3) is 5.91 Å². The summed E-state index contributed by atoms with van der Waals surface area (Å²) >= 11 is 6.21. The van der Waals surface area contributed by atoms with Crippen molar-refractivity contribution in [2.24, 2.45) is 0 Å². The topological polar surface area (TPSA) is 86.0 Å². The van der Waals surface area contributed by atoms with Crippen LogP contribution < -0.4 is 16.0 Å². The maximum atomic E-state index is 12.4. The highest BCUT2D eigenvalue weighted by atomic mass is 35.5. The molecule has 6 nitrogen and oxygen atoms in total. The largest absolute Gasteiger partial charge is 0.352 e. The van der Waals surface area contributed by atoms with E-state index >= 15 is 0 Å². The molecule has 1 aromatic carbocycles. The summed E-state index contributed by atoms with van der Waals surface area (Å²) in [5, 5.41) is 8.68. The average molecular weight is 377 g/mol. The van der Waals surface area contributed by atoms with Gasteiger partial charge in [0.15, 0.2) is 0 Å². The number of hydrogen-bond donors (Lipinski definition) is 4. The lowest BCUT2D eigenvalue weighted by molar-refractivity contribution is 0.0952. The number of carbonyl (C=O) groups excluding carboxylic acids is 2. The van der Waals surface area contributed by atoms with Crippen molar-refractivity contribution in [3.8, 4) is 0 Å². The van der Waals surface area contributed by atoms with Crippen molar-refractivity contribution in [2.75, 3.05) is 17.2 Å². The Labute approximate surface area is 158 Å². The summed E-state index contributed by atoms with van der Waals surface area (Å²) in [5.74, 6) is -0.271. The molecule has 0 radical (unpaired) electrons. The van der Waals surface area contributed by atoms with E-state index in [-0.39, 0.29) is 11.3 Å². The van der Waals surface area contributed by atoms with E-state index in [1.165, 1.54) is 0 Å². The summed E-state index contributed by atoms with van der Waals surface area (Å²) < 4.78 is 0. The number of H-pyrrole nitrogens is 1. The van der Waals surface area contributed by atoms with Crippen molar-refractivity contribution in [3.05, 3.63) is 46.2 Å². The van der Waals surface area contributed by atoms with Crippen molar-refractivity contribution < 1.29 is 9.59 Å². The molecule has 0 spiro atoms. The summed E-state index contributed by atoms with van der Waals surface area (Å²) in [4.78, 5) is 27.8. The Morgan fingerprint density at radius 3 is 2.42 bits per heavy atom. The van der Waals surface area contributed by atoms with E-state index in [1.807, 2.05) is 46.8 Å². The van der Waals surface area contributed by atoms with Crippen LogP contribution in [0.1, 0.15) is 49.4 Å². The summed E-state index contributed by atoms with van der Waals surface area (Å²) in [6.45, 7) is 10.3. The molecule has 0 aliphatic carbocycles. The zero-order valence-electron chi connectivity index (χ0n) is 15.7. The van der Waals surface area contributed by atoms with E-state index in [4.69, 9.17) is 11.6 Å². The Morgan fingerprint density at radius 1 is 1.15 bits per heavy atom. The quantitative estimate of drug-likeness (QED) is 0.625. The van der Waals surface area contributed by atoms with E-state index in [2.05, 4.69) is 20.9 Å². The summed E-state index contributed by atoms with van der Waals surface area (Å²) in [6.07, 6.45) is 0. The standard InChI is InChI=1S/C19H25ClN4O2/c1-6-21-17(25)16-13(10-14(24-16)19(3,4)5)23-18(26)22-12-9-7-8-11(2)15(12)20/h7-10,24H,6H2,1-5H3,(H,21,25)(H2,22,23,26). The van der Waals surface area contributed by atoms with Gasteiger partial charge >= 0.3 is 6.03 Å². The monoisotopic (exact) mass is 376 g/mol. The van der Waals surface area contributed by atoms with E-state index in [0.717, 1.165) is 11.3 Å². The number of aryl methyl sites for hydroxylation is 1. The van der Waals surface area contributed by atoms with Crippen molar-refractivity contribution in [1.29, 1.82) is 0 Å². The first-order valence-electron chi connectivity index (χ1n) is 8.48. The number of nitrogens with one attached hydrogen (secondary N) is 4. The molecule has 4 N–H and O–H groups in total. The molecule has 2 rings (SSSR count). The number of urea groups is 1. The molecule has 0 aliphatic rings. The number of amides is 3. The maximum absolute atomic E-state index is 12.4. The predicted octanol–water partition coefficient (Wildman–Crippen LogP) is 4.67. The lowest BCUT2D eigenvalue weighted by Crippen LogP contribution is -2.26. The summed E-state index contributed by atoms with van der Waals surface area (Å²) in [6, 6.07) is 6.70. The third-order valence-corrected chi connectivity index (χ3v) is 4.38. The molecule has 0 aliphatic heterocycles. The minimum absolute atomic E-state index is 0.197. The van der Waals surface area contributed by atoms with E-state index < -0.39 is 6.03 Å². The van der Waals surface area contributed by atoms with E-state index in [1.54, 1.807) is 12.1 Å². The van der Waals surface area contributed by atoms with Crippen LogP contribution in [0.2, 0.25) is 5.02 Å². The molecule has 0 unspecified atom stereocenters. The first-order chi connectivity index (χ1) is 12.1. The zero-order chi connectivity index (χ0) is 19.5. The molecule has 1 aromatic heterocycles. The highest BCUT2D eigenvalue weighted by Crippen LogP contribution is 2.28. The fourth-order valence-corrected chi connectivity index (χ4v) is 2.58. The van der Waals surface area contributed by atoms with Crippen LogP contribution in [-0.4, -0.2) is 23.5 Å². The molecular formula is C19H25ClN4O2. The van der Waals surface area contributed by atoms with Gasteiger partial charge in [0.2, 0.25) is 0 Å². The van der Waals surface area contributed by atoms with Crippen LogP contribution in [0.4, 0.5) is 16.2 Å². The van der Waals surface area contributed by atoms with Gasteiger partial charge in [-0.3, -0.25) is 4.79 Å². The van der Waals surface area contributed by atoms with Crippen molar-refractivity contribution in [2.45, 2.75) is 40.0 Å². The smallest absolute Gasteiger partial charge is 0.323 e. The molecule has 0 saturated heterocycles. The second-order valence-corrected chi connectivity index (χ2v) is 7.47. The molecule has 0 atom stereocenters. The van der Waals surface area contributed by atoms with Crippen LogP contribution in [0, 0.1) is 6.92 Å². The van der Waals surface area contributed by atoms with Crippen LogP contribution in [0.3, 0.4) is 0 Å². The molecule has 7 heteroatoms. The van der Waals surface area contributed by atoms with Crippen molar-refractivity contribution >= 4 is 34.9 Å². The fourth-order valence-electron chi connectivity index (χ4n) is 2.41. The van der Waals surface area contributed by atoms with Crippen molar-refractivity contribution in [3.63, 3.8) is 0 Å². The number of aromatic nitrogens is 1. The van der Waals surface area contributed by atoms with Gasteiger partial charge in [0, 0.05) is 17.7 Å². The highest BCUT2D eigenvalue weighted by molar-refractivity contribution is 6.34. The molecule has 0 fully saturated rings. The zero-order valence-corrected chi connectivity index (χ0v) is 16.5. The van der Waals surface area contributed by atoms with Crippen LogP contribution in [-0.2, 0) is 5.41 Å². The van der Waals surface area contributed by atoms with Crippen LogP contribution in [0.15, 0.2) is 24.3 Å². The first kappa shape index (κ1) is 19.8. The Morgan fingerprint density at radius 2 is 1.81 bits per heavy atom. The minimum Gasteiger partial charge on any atom is -0.352 e. The molecule has 1 heterocycles. The third-order valence-electron chi connectivity index (χ3n) is 3.88. The minimum atomic E-state index is -0.470. The number of anilines is 2. The maximum Gasteiger partial charge on any atom is 0.323 e. The number of hydrogen-bond acceptors (Lipinski definition) is 2. The molecule has 0 bridgehead atoms. The first-order valence-corrected chi connectivity index (χ1v) is 8.86. The van der Waals surface area contributed by atoms with E-state index in [9.17, 15) is 9.59 Å². The average Bonchev–Trinajstić information content (AvgIpc) is 2.96. The van der Waals surface area contributed by atoms with Gasteiger partial charge in [-0.1, -0.05) is 44.5 Å². The molecule has 0 saturated carbocycles. The third kappa shape index (κ3) is 4.58. The Bertz CT molecular complexity index is 821. The number of rotatable bonds is 4. The summed E-state index contributed by atoms with van der Waals surface area (Å²) in [7, 11) is 0. The lowest BCUT2D eigenvalue weighted by atomic mass is 9.92. The van der Waals surface area contributed by atoms with Gasteiger partial charge in [0.1, 0.15) is 5.69 Å². The number of halogens is 1.